The van der Waals surface area contributed by atoms with Crippen LogP contribution in [-0.2, 0) is 9.47 Å². The van der Waals surface area contributed by atoms with Crippen LogP contribution in [0, 0.1) is 0 Å². The van der Waals surface area contributed by atoms with E-state index in [4.69, 9.17) is 4.74 Å². The predicted molar refractivity (Wildman–Crippen MR) is 37.9 cm³/mol. The molecule has 0 N–H and O–H groups in total. The van der Waals surface area contributed by atoms with Gasteiger partial charge in [-0.15, -0.1) is 0 Å². The average Bonchev–Trinajstić information content (AvgIpc) is 2.86. The predicted octanol–water partition coefficient (Wildman–Crippen LogP) is 1.34. The van der Waals surface area contributed by atoms with Crippen LogP contribution in [0.25, 0.3) is 0 Å². The summed E-state index contributed by atoms with van der Waals surface area (Å²) in [5.74, 6) is 0. The third kappa shape index (κ3) is 1.96. The largest absolute Gasteiger partial charge is 0.377 e. The highest BCUT2D eigenvalue weighted by molar-refractivity contribution is 4.87. The maximum atomic E-state index is 5.28. The molecule has 2 saturated heterocycles. The van der Waals surface area contributed by atoms with E-state index in [2.05, 4.69) is 4.74 Å². The molecule has 58 valence electrons. The summed E-state index contributed by atoms with van der Waals surface area (Å²) in [4.78, 5) is 0. The van der Waals surface area contributed by atoms with Crippen LogP contribution in [0.5, 0.6) is 0 Å². The lowest BCUT2D eigenvalue weighted by molar-refractivity contribution is 0.373. The highest BCUT2D eigenvalue weighted by Gasteiger charge is 2.39. The van der Waals surface area contributed by atoms with Gasteiger partial charge in [-0.05, 0) is 12.8 Å². The molecule has 2 heterocycles. The van der Waals surface area contributed by atoms with Crippen LogP contribution in [0.4, 0.5) is 0 Å². The monoisotopic (exact) mass is 142 g/mol. The third-order valence-electron chi connectivity index (χ3n) is 2.12. The number of rotatable bonds is 0. The van der Waals surface area contributed by atoms with E-state index in [-0.39, 0.29) is 0 Å². The van der Waals surface area contributed by atoms with Crippen LogP contribution in [-0.4, -0.2) is 25.4 Å². The molecule has 2 atom stereocenters. The minimum atomic E-state index is 0.703. The lowest BCUT2D eigenvalue weighted by Crippen LogP contribution is -2.00. The Morgan fingerprint density at radius 1 is 0.900 bits per heavy atom. The molecule has 0 radical (unpaired) electrons. The van der Waals surface area contributed by atoms with Gasteiger partial charge in [0.25, 0.3) is 0 Å². The maximum Gasteiger partial charge on any atom is 0.0841 e. The first-order valence-electron chi connectivity index (χ1n) is 4.20. The molecule has 2 unspecified atom stereocenters. The van der Waals surface area contributed by atoms with Crippen molar-refractivity contribution in [3.63, 3.8) is 0 Å². The summed E-state index contributed by atoms with van der Waals surface area (Å²) in [5, 5.41) is 0. The van der Waals surface area contributed by atoms with Crippen molar-refractivity contribution in [2.24, 2.45) is 0 Å². The van der Waals surface area contributed by atoms with Crippen LogP contribution in [0.3, 0.4) is 0 Å². The van der Waals surface area contributed by atoms with Gasteiger partial charge >= 0.3 is 0 Å². The molecule has 0 amide bonds. The van der Waals surface area contributed by atoms with Gasteiger partial charge in [-0.1, -0.05) is 12.8 Å². The molecule has 0 bridgehead atoms. The summed E-state index contributed by atoms with van der Waals surface area (Å²) in [6, 6.07) is 0. The fourth-order valence-corrected chi connectivity index (χ4v) is 1.38. The molecule has 2 nitrogen and oxygen atoms in total. The van der Waals surface area contributed by atoms with Gasteiger partial charge in [0.1, 0.15) is 0 Å². The normalized spacial score (nSPS) is 40.8. The van der Waals surface area contributed by atoms with Crippen LogP contribution >= 0.6 is 0 Å². The molecule has 0 aromatic carbocycles. The van der Waals surface area contributed by atoms with Crippen molar-refractivity contribution in [3.05, 3.63) is 0 Å². The first kappa shape index (κ1) is 6.62. The van der Waals surface area contributed by atoms with Gasteiger partial charge in [-0.25, -0.2) is 0 Å². The van der Waals surface area contributed by atoms with Crippen molar-refractivity contribution < 1.29 is 9.47 Å². The van der Waals surface area contributed by atoms with Crippen molar-refractivity contribution in [1.82, 2.24) is 0 Å². The van der Waals surface area contributed by atoms with E-state index in [9.17, 15) is 0 Å². The third-order valence-corrected chi connectivity index (χ3v) is 2.12. The Balaban J connectivity index is 0.000000113. The molecule has 2 heteroatoms. The van der Waals surface area contributed by atoms with E-state index < -0.39 is 0 Å². The first-order valence-corrected chi connectivity index (χ1v) is 4.20. The van der Waals surface area contributed by atoms with Crippen LogP contribution < -0.4 is 0 Å². The summed E-state index contributed by atoms with van der Waals surface area (Å²) in [7, 11) is 0. The lowest BCUT2D eigenvalue weighted by Gasteiger charge is -2.00. The Morgan fingerprint density at radius 2 is 1.40 bits per heavy atom. The summed E-state index contributed by atoms with van der Waals surface area (Å²) >= 11 is 0. The first-order chi connectivity index (χ1) is 4.97. The number of hydrogen-bond acceptors (Lipinski definition) is 2. The van der Waals surface area contributed by atoms with Gasteiger partial charge in [0, 0.05) is 0 Å². The Hall–Kier alpha value is -0.0800. The Labute approximate surface area is 61.5 Å². The molecule has 0 spiro atoms. The zero-order chi connectivity index (χ0) is 6.81. The molecule has 1 aliphatic carbocycles. The van der Waals surface area contributed by atoms with E-state index in [0.717, 1.165) is 13.2 Å². The molecule has 2 aliphatic heterocycles. The second kappa shape index (κ2) is 2.89. The van der Waals surface area contributed by atoms with Crippen LogP contribution in [0.2, 0.25) is 0 Å². The fraction of sp³-hybridized carbons (Fsp3) is 1.00. The Bertz CT molecular complexity index is 99.1. The van der Waals surface area contributed by atoms with Crippen LogP contribution in [0.1, 0.15) is 25.7 Å². The van der Waals surface area contributed by atoms with Crippen molar-refractivity contribution in [2.45, 2.75) is 37.9 Å². The van der Waals surface area contributed by atoms with Gasteiger partial charge in [0.05, 0.1) is 25.4 Å². The van der Waals surface area contributed by atoms with Gasteiger partial charge in [-0.2, -0.15) is 0 Å². The molecule has 3 aliphatic rings. The van der Waals surface area contributed by atoms with Crippen molar-refractivity contribution in [3.8, 4) is 0 Å². The summed E-state index contributed by atoms with van der Waals surface area (Å²) in [5.41, 5.74) is 0. The SMILES string of the molecule is C1CCC2OC2C1.C1CO1. The molecule has 3 rings (SSSR count). The van der Waals surface area contributed by atoms with E-state index in [0.29, 0.717) is 12.2 Å². The highest BCUT2D eigenvalue weighted by atomic mass is 16.6. The standard InChI is InChI=1S/C6H10O.C2H4O/c1-2-4-6-5(3-1)7-6;1-2-3-1/h5-6H,1-4H2;1-2H2. The zero-order valence-electron chi connectivity index (χ0n) is 6.21. The Morgan fingerprint density at radius 3 is 1.70 bits per heavy atom. The summed E-state index contributed by atoms with van der Waals surface area (Å²) < 4.78 is 9.78. The molecule has 1 saturated carbocycles. The fourth-order valence-electron chi connectivity index (χ4n) is 1.38. The summed E-state index contributed by atoms with van der Waals surface area (Å²) in [6.07, 6.45) is 6.89. The minimum Gasteiger partial charge on any atom is -0.377 e. The second-order valence-electron chi connectivity index (χ2n) is 3.11. The molecule has 10 heavy (non-hydrogen) atoms. The number of hydrogen-bond donors (Lipinski definition) is 0. The number of epoxide rings is 2. The highest BCUT2D eigenvalue weighted by Crippen LogP contribution is 2.35. The Kier molecular flexibility index (Phi) is 1.91. The number of fused-ring (bicyclic) bond motifs is 1. The van der Waals surface area contributed by atoms with E-state index >= 15 is 0 Å². The summed E-state index contributed by atoms with van der Waals surface area (Å²) in [6.45, 7) is 2.00. The van der Waals surface area contributed by atoms with E-state index in [1.165, 1.54) is 25.7 Å². The average molecular weight is 142 g/mol. The van der Waals surface area contributed by atoms with E-state index in [1.807, 2.05) is 0 Å². The lowest BCUT2D eigenvalue weighted by atomic mass is 10.0. The molecule has 0 aromatic rings. The smallest absolute Gasteiger partial charge is 0.0841 e. The second-order valence-corrected chi connectivity index (χ2v) is 3.11. The molecular formula is C8H14O2. The molecular weight excluding hydrogens is 128 g/mol. The van der Waals surface area contributed by atoms with Gasteiger partial charge in [0.2, 0.25) is 0 Å². The van der Waals surface area contributed by atoms with Gasteiger partial charge in [-0.3, -0.25) is 0 Å². The minimum absolute atomic E-state index is 0.703. The molecule has 0 aromatic heterocycles. The van der Waals surface area contributed by atoms with Crippen LogP contribution in [0.15, 0.2) is 0 Å². The number of ether oxygens (including phenoxy) is 2. The molecule has 3 fully saturated rings. The van der Waals surface area contributed by atoms with Gasteiger partial charge in [0.15, 0.2) is 0 Å². The van der Waals surface area contributed by atoms with E-state index in [1.54, 1.807) is 0 Å². The van der Waals surface area contributed by atoms with Crippen molar-refractivity contribution in [2.75, 3.05) is 13.2 Å². The van der Waals surface area contributed by atoms with Crippen molar-refractivity contribution in [1.29, 1.82) is 0 Å². The van der Waals surface area contributed by atoms with Gasteiger partial charge < -0.3 is 9.47 Å². The van der Waals surface area contributed by atoms with Crippen molar-refractivity contribution >= 4 is 0 Å². The maximum absolute atomic E-state index is 5.28. The topological polar surface area (TPSA) is 25.1 Å². The quantitative estimate of drug-likeness (QED) is 0.477. The zero-order valence-corrected chi connectivity index (χ0v) is 6.21.